The summed E-state index contributed by atoms with van der Waals surface area (Å²) in [6, 6.07) is 4.91. The van der Waals surface area contributed by atoms with Crippen LogP contribution in [-0.4, -0.2) is 21.6 Å². The Morgan fingerprint density at radius 1 is 1.15 bits per heavy atom. The third-order valence-corrected chi connectivity index (χ3v) is 2.69. The first kappa shape index (κ1) is 14.6. The van der Waals surface area contributed by atoms with Crippen LogP contribution in [-0.2, 0) is 0 Å². The molecule has 0 atom stereocenters. The van der Waals surface area contributed by atoms with Crippen LogP contribution in [0.15, 0.2) is 18.2 Å². The fourth-order valence-corrected chi connectivity index (χ4v) is 1.63. The van der Waals surface area contributed by atoms with Gasteiger partial charge >= 0.3 is 12.0 Å². The molecule has 20 heavy (non-hydrogen) atoms. The number of ether oxygens (including phenoxy) is 2. The van der Waals surface area contributed by atoms with Crippen LogP contribution in [0.2, 0.25) is 10.0 Å². The van der Waals surface area contributed by atoms with Crippen LogP contribution in [0.4, 0.5) is 5.95 Å². The largest absolute Gasteiger partial charge is 0.463 e. The molecular formula is C12H12Cl2N4O2. The molecule has 0 aliphatic heterocycles. The Bertz CT molecular complexity index is 610. The van der Waals surface area contributed by atoms with Gasteiger partial charge in [0.05, 0.1) is 11.6 Å². The molecule has 106 valence electrons. The van der Waals surface area contributed by atoms with Crippen LogP contribution in [0.5, 0.6) is 17.8 Å². The number of nitrogens with zero attached hydrogens (tertiary/aromatic N) is 3. The summed E-state index contributed by atoms with van der Waals surface area (Å²) in [5.74, 6) is 0.325. The SMILES string of the molecule is CCCOc1nc(N)nc(Oc2cc(Cl)ccc2Cl)n1. The molecule has 0 amide bonds. The standard InChI is InChI=1S/C12H12Cl2N4O2/c1-2-5-19-11-16-10(15)17-12(18-11)20-9-6-7(13)3-4-8(9)14/h3-4,6H,2,5H2,1H3,(H2,15,16,17,18). The Hall–Kier alpha value is -1.79. The number of nitrogen functional groups attached to an aromatic ring is 1. The van der Waals surface area contributed by atoms with Gasteiger partial charge in [0.2, 0.25) is 5.95 Å². The second kappa shape index (κ2) is 6.58. The Balaban J connectivity index is 2.24. The van der Waals surface area contributed by atoms with Gasteiger partial charge in [-0.15, -0.1) is 4.98 Å². The van der Waals surface area contributed by atoms with Crippen LogP contribution in [0.1, 0.15) is 13.3 Å². The van der Waals surface area contributed by atoms with E-state index in [1.165, 1.54) is 0 Å². The molecule has 2 N–H and O–H groups in total. The van der Waals surface area contributed by atoms with E-state index in [0.29, 0.717) is 22.4 Å². The molecule has 0 saturated carbocycles. The molecule has 0 unspecified atom stereocenters. The van der Waals surface area contributed by atoms with Gasteiger partial charge in [0.25, 0.3) is 0 Å². The minimum absolute atomic E-state index is 0.000691. The number of halogens is 2. The van der Waals surface area contributed by atoms with Gasteiger partial charge in [0, 0.05) is 11.1 Å². The van der Waals surface area contributed by atoms with E-state index in [1.807, 2.05) is 6.92 Å². The summed E-state index contributed by atoms with van der Waals surface area (Å²) < 4.78 is 10.7. The summed E-state index contributed by atoms with van der Waals surface area (Å²) in [5, 5.41) is 0.860. The Morgan fingerprint density at radius 2 is 1.90 bits per heavy atom. The normalized spacial score (nSPS) is 10.3. The quantitative estimate of drug-likeness (QED) is 0.911. The first-order valence-electron chi connectivity index (χ1n) is 5.85. The first-order chi connectivity index (χ1) is 9.58. The summed E-state index contributed by atoms with van der Waals surface area (Å²) in [4.78, 5) is 11.7. The Labute approximate surface area is 125 Å². The van der Waals surface area contributed by atoms with E-state index >= 15 is 0 Å². The summed E-state index contributed by atoms with van der Waals surface area (Å²) in [6.07, 6.45) is 0.821. The zero-order valence-corrected chi connectivity index (χ0v) is 12.1. The summed E-state index contributed by atoms with van der Waals surface area (Å²) in [5.41, 5.74) is 5.57. The summed E-state index contributed by atoms with van der Waals surface area (Å²) in [7, 11) is 0. The molecule has 8 heteroatoms. The van der Waals surface area contributed by atoms with Crippen molar-refractivity contribution in [2.24, 2.45) is 0 Å². The maximum Gasteiger partial charge on any atom is 0.330 e. The molecule has 2 rings (SSSR count). The van der Waals surface area contributed by atoms with Gasteiger partial charge in [-0.1, -0.05) is 30.1 Å². The van der Waals surface area contributed by atoms with Crippen molar-refractivity contribution >= 4 is 29.2 Å². The van der Waals surface area contributed by atoms with Crippen molar-refractivity contribution in [3.8, 4) is 17.8 Å². The minimum atomic E-state index is -0.00669. The molecule has 0 spiro atoms. The highest BCUT2D eigenvalue weighted by Gasteiger charge is 2.10. The number of aromatic nitrogens is 3. The molecule has 1 aromatic heterocycles. The first-order valence-corrected chi connectivity index (χ1v) is 6.61. The minimum Gasteiger partial charge on any atom is -0.463 e. The highest BCUT2D eigenvalue weighted by atomic mass is 35.5. The number of rotatable bonds is 5. The lowest BCUT2D eigenvalue weighted by molar-refractivity contribution is 0.285. The number of hydrogen-bond donors (Lipinski definition) is 1. The zero-order chi connectivity index (χ0) is 14.5. The number of nitrogens with two attached hydrogens (primary N) is 1. The molecule has 0 radical (unpaired) electrons. The lowest BCUT2D eigenvalue weighted by Crippen LogP contribution is -2.05. The van der Waals surface area contributed by atoms with Crippen LogP contribution in [0.25, 0.3) is 0 Å². The number of anilines is 1. The van der Waals surface area contributed by atoms with E-state index in [0.717, 1.165) is 6.42 Å². The van der Waals surface area contributed by atoms with Crippen molar-refractivity contribution < 1.29 is 9.47 Å². The molecule has 0 aliphatic rings. The molecule has 0 saturated heterocycles. The third-order valence-electron chi connectivity index (χ3n) is 2.14. The molecule has 2 aromatic rings. The smallest absolute Gasteiger partial charge is 0.330 e. The average molecular weight is 315 g/mol. The van der Waals surface area contributed by atoms with Crippen molar-refractivity contribution in [1.82, 2.24) is 15.0 Å². The Kier molecular flexibility index (Phi) is 4.81. The van der Waals surface area contributed by atoms with Gasteiger partial charge in [0.1, 0.15) is 0 Å². The Morgan fingerprint density at radius 3 is 2.65 bits per heavy atom. The molecule has 0 bridgehead atoms. The van der Waals surface area contributed by atoms with Crippen molar-refractivity contribution in [2.75, 3.05) is 12.3 Å². The van der Waals surface area contributed by atoms with Crippen LogP contribution in [0, 0.1) is 0 Å². The lowest BCUT2D eigenvalue weighted by atomic mass is 10.3. The molecule has 0 fully saturated rings. The van der Waals surface area contributed by atoms with Gasteiger partial charge in [0.15, 0.2) is 5.75 Å². The maximum absolute atomic E-state index is 5.99. The van der Waals surface area contributed by atoms with Crippen LogP contribution in [0.3, 0.4) is 0 Å². The fraction of sp³-hybridized carbons (Fsp3) is 0.250. The van der Waals surface area contributed by atoms with E-state index in [9.17, 15) is 0 Å². The predicted molar refractivity (Wildman–Crippen MR) is 76.6 cm³/mol. The van der Waals surface area contributed by atoms with E-state index < -0.39 is 0 Å². The average Bonchev–Trinajstić information content (AvgIpc) is 2.40. The van der Waals surface area contributed by atoms with Gasteiger partial charge in [-0.2, -0.15) is 9.97 Å². The topological polar surface area (TPSA) is 83.2 Å². The van der Waals surface area contributed by atoms with Gasteiger partial charge in [-0.3, -0.25) is 0 Å². The monoisotopic (exact) mass is 314 g/mol. The van der Waals surface area contributed by atoms with Crippen molar-refractivity contribution in [3.63, 3.8) is 0 Å². The van der Waals surface area contributed by atoms with E-state index in [2.05, 4.69) is 15.0 Å². The predicted octanol–water partition coefficient (Wildman–Crippen LogP) is 3.34. The highest BCUT2D eigenvalue weighted by Crippen LogP contribution is 2.30. The zero-order valence-electron chi connectivity index (χ0n) is 10.6. The van der Waals surface area contributed by atoms with Gasteiger partial charge < -0.3 is 15.2 Å². The third kappa shape index (κ3) is 3.85. The van der Waals surface area contributed by atoms with E-state index in [4.69, 9.17) is 38.4 Å². The number of hydrogen-bond acceptors (Lipinski definition) is 6. The maximum atomic E-state index is 5.99. The second-order valence-electron chi connectivity index (χ2n) is 3.78. The van der Waals surface area contributed by atoms with Crippen molar-refractivity contribution in [3.05, 3.63) is 28.2 Å². The van der Waals surface area contributed by atoms with Crippen LogP contribution < -0.4 is 15.2 Å². The molecular weight excluding hydrogens is 303 g/mol. The molecule has 1 aromatic carbocycles. The molecule has 6 nitrogen and oxygen atoms in total. The van der Waals surface area contributed by atoms with Gasteiger partial charge in [-0.05, 0) is 18.6 Å². The van der Waals surface area contributed by atoms with E-state index in [1.54, 1.807) is 18.2 Å². The molecule has 1 heterocycles. The van der Waals surface area contributed by atoms with Crippen LogP contribution >= 0.6 is 23.2 Å². The molecule has 0 aliphatic carbocycles. The highest BCUT2D eigenvalue weighted by molar-refractivity contribution is 6.34. The van der Waals surface area contributed by atoms with Gasteiger partial charge in [-0.25, -0.2) is 0 Å². The second-order valence-corrected chi connectivity index (χ2v) is 4.63. The number of benzene rings is 1. The lowest BCUT2D eigenvalue weighted by Gasteiger charge is -2.08. The summed E-state index contributed by atoms with van der Waals surface area (Å²) >= 11 is 11.9. The van der Waals surface area contributed by atoms with Crippen molar-refractivity contribution in [2.45, 2.75) is 13.3 Å². The summed E-state index contributed by atoms with van der Waals surface area (Å²) in [6.45, 7) is 2.44. The van der Waals surface area contributed by atoms with Crippen molar-refractivity contribution in [1.29, 1.82) is 0 Å². The van der Waals surface area contributed by atoms with E-state index in [-0.39, 0.29) is 18.0 Å². The fourth-order valence-electron chi connectivity index (χ4n) is 1.31.